The third kappa shape index (κ3) is 7.96. The van der Waals surface area contributed by atoms with Gasteiger partial charge in [0.25, 0.3) is 10.2 Å². The molecule has 14 nitrogen and oxygen atoms in total. The van der Waals surface area contributed by atoms with Crippen LogP contribution < -0.4 is 4.74 Å². The number of hydrogen-bond donors (Lipinski definition) is 0. The molecule has 42 heavy (non-hydrogen) atoms. The topological polar surface area (TPSA) is 170 Å². The molecule has 0 saturated heterocycles. The number of ether oxygens (including phenoxy) is 3. The van der Waals surface area contributed by atoms with Crippen molar-refractivity contribution in [2.45, 2.75) is 50.8 Å². The van der Waals surface area contributed by atoms with E-state index in [2.05, 4.69) is 9.68 Å². The first-order valence-electron chi connectivity index (χ1n) is 13.0. The monoisotopic (exact) mass is 603 g/mol. The highest BCUT2D eigenvalue weighted by atomic mass is 32.1. The smallest absolute Gasteiger partial charge is 0.412 e. The summed E-state index contributed by atoms with van der Waals surface area (Å²) in [6.45, 7) is 1.60. The Kier molecular flexibility index (Phi) is 9.96. The van der Waals surface area contributed by atoms with Crippen LogP contribution in [-0.2, 0) is 23.9 Å². The van der Waals surface area contributed by atoms with Crippen LogP contribution in [-0.4, -0.2) is 59.2 Å². The van der Waals surface area contributed by atoms with Crippen molar-refractivity contribution in [1.82, 2.24) is 4.90 Å². The summed E-state index contributed by atoms with van der Waals surface area (Å²) >= 11 is 1.54. The average molecular weight is 604 g/mol. The summed E-state index contributed by atoms with van der Waals surface area (Å²) in [5.41, 5.74) is 0. The molecule has 1 amide bonds. The first-order valence-corrected chi connectivity index (χ1v) is 13.9. The Bertz CT molecular complexity index is 1370. The van der Waals surface area contributed by atoms with E-state index in [1.165, 1.54) is 18.9 Å². The zero-order valence-corrected chi connectivity index (χ0v) is 23.5. The number of hydrogen-bond acceptors (Lipinski definition) is 12. The fourth-order valence-corrected chi connectivity index (χ4v) is 5.49. The van der Waals surface area contributed by atoms with E-state index in [0.29, 0.717) is 6.42 Å². The van der Waals surface area contributed by atoms with Crippen LogP contribution in [0.2, 0.25) is 0 Å². The van der Waals surface area contributed by atoms with Gasteiger partial charge in [-0.1, -0.05) is 42.5 Å². The lowest BCUT2D eigenvalue weighted by Gasteiger charge is -2.24. The van der Waals surface area contributed by atoms with Gasteiger partial charge in [0.05, 0.1) is 5.92 Å². The molecule has 1 aliphatic carbocycles. The van der Waals surface area contributed by atoms with Gasteiger partial charge in [-0.15, -0.1) is 31.6 Å². The molecule has 3 unspecified atom stereocenters. The van der Waals surface area contributed by atoms with Crippen molar-refractivity contribution in [2.24, 2.45) is 5.92 Å². The molecule has 3 aromatic rings. The van der Waals surface area contributed by atoms with Crippen molar-refractivity contribution in [2.75, 3.05) is 13.6 Å². The molecule has 4 rings (SSSR count). The van der Waals surface area contributed by atoms with Crippen LogP contribution in [0.3, 0.4) is 0 Å². The molecule has 0 aliphatic heterocycles. The van der Waals surface area contributed by atoms with Crippen molar-refractivity contribution >= 4 is 34.2 Å². The minimum atomic E-state index is -1.32. The summed E-state index contributed by atoms with van der Waals surface area (Å²) in [4.78, 5) is 57.9. The van der Waals surface area contributed by atoms with E-state index >= 15 is 0 Å². The van der Waals surface area contributed by atoms with E-state index in [0.717, 1.165) is 21.4 Å². The Morgan fingerprint density at radius 1 is 0.976 bits per heavy atom. The lowest BCUT2D eigenvalue weighted by Crippen LogP contribution is -2.34. The van der Waals surface area contributed by atoms with Gasteiger partial charge in [0.15, 0.2) is 0 Å². The van der Waals surface area contributed by atoms with E-state index in [9.17, 15) is 29.8 Å². The summed E-state index contributed by atoms with van der Waals surface area (Å²) in [7, 11) is 1.54. The van der Waals surface area contributed by atoms with Crippen LogP contribution in [0.25, 0.3) is 10.8 Å². The van der Waals surface area contributed by atoms with Crippen LogP contribution in [0.15, 0.2) is 60.0 Å². The van der Waals surface area contributed by atoms with Gasteiger partial charge in [-0.05, 0) is 35.7 Å². The number of benzene rings is 2. The minimum Gasteiger partial charge on any atom is -0.484 e. The molecule has 1 aromatic heterocycles. The second-order valence-electron chi connectivity index (χ2n) is 9.60. The molecule has 1 aliphatic rings. The van der Waals surface area contributed by atoms with Crippen LogP contribution >= 0.6 is 11.3 Å². The molecule has 0 N–H and O–H groups in total. The van der Waals surface area contributed by atoms with Crippen molar-refractivity contribution in [3.8, 4) is 5.75 Å². The maximum absolute atomic E-state index is 12.7. The first kappa shape index (κ1) is 30.3. The number of amides is 1. The number of fused-ring (bicyclic) bond motifs is 1. The third-order valence-electron chi connectivity index (χ3n) is 6.69. The second-order valence-corrected chi connectivity index (χ2v) is 10.6. The molecule has 1 fully saturated rings. The van der Waals surface area contributed by atoms with E-state index in [-0.39, 0.29) is 25.5 Å². The van der Waals surface area contributed by atoms with Gasteiger partial charge in [0.2, 0.25) is 6.29 Å². The number of carbonyl (C=O) groups is 2. The predicted octanol–water partition coefficient (Wildman–Crippen LogP) is 4.93. The fraction of sp³-hybridized carbons (Fsp3) is 0.407. The Hall–Kier alpha value is -4.66. The number of thiophene rings is 1. The van der Waals surface area contributed by atoms with Gasteiger partial charge in [0, 0.05) is 37.2 Å². The van der Waals surface area contributed by atoms with Gasteiger partial charge in [-0.3, -0.25) is 4.79 Å². The summed E-state index contributed by atoms with van der Waals surface area (Å²) < 4.78 is 16.9. The molecule has 0 spiro atoms. The van der Waals surface area contributed by atoms with Crippen LogP contribution in [0.5, 0.6) is 5.75 Å². The zero-order chi connectivity index (χ0) is 30.2. The van der Waals surface area contributed by atoms with E-state index in [1.54, 1.807) is 11.3 Å². The van der Waals surface area contributed by atoms with Crippen LogP contribution in [0.4, 0.5) is 4.79 Å². The van der Waals surface area contributed by atoms with Crippen LogP contribution in [0, 0.1) is 26.1 Å². The van der Waals surface area contributed by atoms with Crippen molar-refractivity contribution < 1.29 is 43.6 Å². The van der Waals surface area contributed by atoms with E-state index in [4.69, 9.17) is 14.2 Å². The van der Waals surface area contributed by atoms with Gasteiger partial charge in [-0.25, -0.2) is 4.79 Å². The molecule has 224 valence electrons. The Morgan fingerprint density at radius 3 is 2.29 bits per heavy atom. The largest absolute Gasteiger partial charge is 0.484 e. The molecule has 0 bridgehead atoms. The average Bonchev–Trinajstić information content (AvgIpc) is 3.61. The number of rotatable bonds is 13. The summed E-state index contributed by atoms with van der Waals surface area (Å²) in [5, 5.41) is 23.2. The number of esters is 1. The zero-order valence-electron chi connectivity index (χ0n) is 22.7. The molecule has 2 aromatic carbocycles. The highest BCUT2D eigenvalue weighted by molar-refractivity contribution is 7.10. The van der Waals surface area contributed by atoms with Crippen molar-refractivity contribution in [3.05, 3.63) is 85.1 Å². The summed E-state index contributed by atoms with van der Waals surface area (Å²) in [6.07, 6.45) is -5.05. The predicted molar refractivity (Wildman–Crippen MR) is 147 cm³/mol. The fourth-order valence-electron chi connectivity index (χ4n) is 4.70. The standard InChI is InChI=1S/C27H29N3O11S/c1-17(37-26(31)19-15-23(40-29(33)34)24(16-19)41-30(35)36)38-27(32)28(2)13-12-22(25-11-6-14-42-25)39-21-10-5-8-18-7-3-4-9-20(18)21/h3-11,14,17,19,22-24H,12-13,15-16H2,1-2H3/t17?,19?,22-,23?,24?/m0/s1. The number of nitrogens with zero attached hydrogens (tertiary/aromatic N) is 3. The van der Waals surface area contributed by atoms with E-state index < -0.39 is 46.7 Å². The molecular weight excluding hydrogens is 574 g/mol. The molecule has 1 heterocycles. The Balaban J connectivity index is 1.30. The first-order chi connectivity index (χ1) is 20.1. The molecule has 0 radical (unpaired) electrons. The van der Waals surface area contributed by atoms with Crippen molar-refractivity contribution in [1.29, 1.82) is 0 Å². The molecule has 15 heteroatoms. The lowest BCUT2D eigenvalue weighted by atomic mass is 10.1. The highest BCUT2D eigenvalue weighted by Gasteiger charge is 2.43. The summed E-state index contributed by atoms with van der Waals surface area (Å²) in [5.74, 6) is -1.12. The Morgan fingerprint density at radius 2 is 1.64 bits per heavy atom. The van der Waals surface area contributed by atoms with Gasteiger partial charge < -0.3 is 28.8 Å². The molecule has 1 saturated carbocycles. The van der Waals surface area contributed by atoms with E-state index in [1.807, 2.05) is 60.0 Å². The molecule has 4 atom stereocenters. The maximum Gasteiger partial charge on any atom is 0.412 e. The third-order valence-corrected chi connectivity index (χ3v) is 7.66. The Labute approximate surface area is 243 Å². The minimum absolute atomic E-state index is 0.236. The van der Waals surface area contributed by atoms with Crippen LogP contribution in [0.1, 0.15) is 37.2 Å². The molecular formula is C27H29N3O11S. The van der Waals surface area contributed by atoms with Gasteiger partial charge in [0.1, 0.15) is 24.1 Å². The highest BCUT2D eigenvalue weighted by Crippen LogP contribution is 2.34. The normalized spacial score (nSPS) is 19.3. The van der Waals surface area contributed by atoms with Gasteiger partial charge in [-0.2, -0.15) is 0 Å². The summed E-state index contributed by atoms with van der Waals surface area (Å²) in [6, 6.07) is 17.6. The lowest BCUT2D eigenvalue weighted by molar-refractivity contribution is -0.797. The van der Waals surface area contributed by atoms with Crippen molar-refractivity contribution in [3.63, 3.8) is 0 Å². The number of carbonyl (C=O) groups excluding carboxylic acids is 2. The maximum atomic E-state index is 12.7. The SMILES string of the molecule is CC(OC(=O)C1CC(O[N+](=O)[O-])C(O[N+](=O)[O-])C1)OC(=O)N(C)CC[C@H](Oc1cccc2ccccc12)c1cccs1. The quantitative estimate of drug-likeness (QED) is 0.112. The second kappa shape index (κ2) is 13.8. The van der Waals surface area contributed by atoms with Gasteiger partial charge >= 0.3 is 12.1 Å².